The van der Waals surface area contributed by atoms with Gasteiger partial charge >= 0.3 is 0 Å². The molecule has 0 N–H and O–H groups in total. The van der Waals surface area contributed by atoms with Gasteiger partial charge in [0.05, 0.1) is 0 Å². The summed E-state index contributed by atoms with van der Waals surface area (Å²) in [5.41, 5.74) is 0.898. The molecule has 1 unspecified atom stereocenters. The number of hydrogen-bond donors (Lipinski definition) is 0. The lowest BCUT2D eigenvalue weighted by Crippen LogP contribution is -2.18. The molecular formula is C11H18O. The topological polar surface area (TPSA) is 17.1 Å². The van der Waals surface area contributed by atoms with Gasteiger partial charge in [-0.05, 0) is 30.8 Å². The van der Waals surface area contributed by atoms with Crippen LogP contribution in [0.4, 0.5) is 0 Å². The van der Waals surface area contributed by atoms with Crippen LogP contribution >= 0.6 is 0 Å². The van der Waals surface area contributed by atoms with Crippen LogP contribution in [0.25, 0.3) is 0 Å². The Bertz CT molecular complexity index is 181. The zero-order valence-electron chi connectivity index (χ0n) is 7.94. The molecule has 1 rings (SSSR count). The number of hydrogen-bond acceptors (Lipinski definition) is 1. The molecule has 0 bridgehead atoms. The molecule has 1 saturated carbocycles. The van der Waals surface area contributed by atoms with Gasteiger partial charge in [-0.25, -0.2) is 0 Å². The maximum Gasteiger partial charge on any atom is 0.158 e. The van der Waals surface area contributed by atoms with Crippen LogP contribution in [0.15, 0.2) is 12.2 Å². The first-order valence-electron chi connectivity index (χ1n) is 4.97. The summed E-state index contributed by atoms with van der Waals surface area (Å²) in [6, 6.07) is 0. The quantitative estimate of drug-likeness (QED) is 0.589. The predicted molar refractivity (Wildman–Crippen MR) is 51.0 cm³/mol. The van der Waals surface area contributed by atoms with E-state index in [1.807, 2.05) is 0 Å². The average Bonchev–Trinajstić information content (AvgIpc) is 2.08. The Hall–Kier alpha value is -0.590. The fraction of sp³-hybridized carbons (Fsp3) is 0.727. The van der Waals surface area contributed by atoms with Gasteiger partial charge in [-0.15, -0.1) is 0 Å². The van der Waals surface area contributed by atoms with E-state index >= 15 is 0 Å². The number of carbonyl (C=O) groups excluding carboxylic acids is 1. The molecule has 0 spiro atoms. The molecule has 12 heavy (non-hydrogen) atoms. The average molecular weight is 166 g/mol. The molecular weight excluding hydrogens is 148 g/mol. The lowest BCUT2D eigenvalue weighted by molar-refractivity contribution is -0.117. The fourth-order valence-corrected chi connectivity index (χ4v) is 1.84. The van der Waals surface area contributed by atoms with Gasteiger partial charge in [0.25, 0.3) is 0 Å². The van der Waals surface area contributed by atoms with Crippen molar-refractivity contribution in [2.24, 2.45) is 5.92 Å². The van der Waals surface area contributed by atoms with E-state index in [9.17, 15) is 4.79 Å². The lowest BCUT2D eigenvalue weighted by Gasteiger charge is -2.22. The summed E-state index contributed by atoms with van der Waals surface area (Å²) < 4.78 is 0. The van der Waals surface area contributed by atoms with Crippen LogP contribution in [0, 0.1) is 5.92 Å². The van der Waals surface area contributed by atoms with Gasteiger partial charge in [-0.1, -0.05) is 26.3 Å². The number of carbonyl (C=O) groups is 1. The molecule has 0 aliphatic heterocycles. The summed E-state index contributed by atoms with van der Waals surface area (Å²) in [6.07, 6.45) is 6.62. The summed E-state index contributed by atoms with van der Waals surface area (Å²) in [5.74, 6) is 0.813. The van der Waals surface area contributed by atoms with E-state index in [0.717, 1.165) is 18.4 Å². The number of rotatable bonds is 3. The zero-order valence-corrected chi connectivity index (χ0v) is 7.94. The van der Waals surface area contributed by atoms with E-state index in [1.165, 1.54) is 25.7 Å². The molecule has 0 aromatic heterocycles. The molecule has 1 atom stereocenters. The Morgan fingerprint density at radius 1 is 1.58 bits per heavy atom. The summed E-state index contributed by atoms with van der Waals surface area (Å²) in [7, 11) is 0. The van der Waals surface area contributed by atoms with Crippen molar-refractivity contribution in [3.05, 3.63) is 12.2 Å². The highest BCUT2D eigenvalue weighted by Gasteiger charge is 2.22. The molecule has 0 aromatic carbocycles. The molecule has 1 aliphatic carbocycles. The Balaban J connectivity index is 2.41. The van der Waals surface area contributed by atoms with Crippen molar-refractivity contribution in [2.75, 3.05) is 0 Å². The Kier molecular flexibility index (Phi) is 3.51. The molecule has 68 valence electrons. The standard InChI is InChI=1S/C11H18O/c1-3-4-6-10-7-5-8-11(12)9(10)2/h10H,2-8H2,1H3. The zero-order chi connectivity index (χ0) is 8.97. The van der Waals surface area contributed by atoms with Gasteiger partial charge < -0.3 is 0 Å². The van der Waals surface area contributed by atoms with Crippen LogP contribution in [-0.4, -0.2) is 5.78 Å². The molecule has 0 amide bonds. The van der Waals surface area contributed by atoms with Crippen molar-refractivity contribution in [3.63, 3.8) is 0 Å². The van der Waals surface area contributed by atoms with Crippen molar-refractivity contribution in [1.82, 2.24) is 0 Å². The second-order valence-corrected chi connectivity index (χ2v) is 3.68. The fourth-order valence-electron chi connectivity index (χ4n) is 1.84. The molecule has 0 aromatic rings. The lowest BCUT2D eigenvalue weighted by atomic mass is 9.81. The molecule has 0 saturated heterocycles. The normalized spacial score (nSPS) is 24.6. The van der Waals surface area contributed by atoms with Crippen LogP contribution < -0.4 is 0 Å². The third-order valence-electron chi connectivity index (χ3n) is 2.71. The molecule has 0 heterocycles. The Labute approximate surface area is 74.9 Å². The molecule has 0 radical (unpaired) electrons. The maximum absolute atomic E-state index is 11.3. The minimum Gasteiger partial charge on any atom is -0.295 e. The minimum absolute atomic E-state index is 0.308. The van der Waals surface area contributed by atoms with E-state index in [4.69, 9.17) is 0 Å². The van der Waals surface area contributed by atoms with E-state index < -0.39 is 0 Å². The highest BCUT2D eigenvalue weighted by molar-refractivity contribution is 5.95. The van der Waals surface area contributed by atoms with Crippen LogP contribution in [0.1, 0.15) is 45.4 Å². The number of ketones is 1. The Morgan fingerprint density at radius 2 is 2.33 bits per heavy atom. The minimum atomic E-state index is 0.308. The maximum atomic E-state index is 11.3. The first-order chi connectivity index (χ1) is 5.75. The smallest absolute Gasteiger partial charge is 0.158 e. The third kappa shape index (κ3) is 2.20. The monoisotopic (exact) mass is 166 g/mol. The molecule has 1 aliphatic rings. The summed E-state index contributed by atoms with van der Waals surface area (Å²) in [6.45, 7) is 6.07. The van der Waals surface area contributed by atoms with E-state index in [-0.39, 0.29) is 0 Å². The van der Waals surface area contributed by atoms with E-state index in [0.29, 0.717) is 11.7 Å². The van der Waals surface area contributed by atoms with Crippen molar-refractivity contribution >= 4 is 5.78 Å². The van der Waals surface area contributed by atoms with Crippen molar-refractivity contribution in [1.29, 1.82) is 0 Å². The third-order valence-corrected chi connectivity index (χ3v) is 2.71. The van der Waals surface area contributed by atoms with Crippen LogP contribution in [0.3, 0.4) is 0 Å². The highest BCUT2D eigenvalue weighted by Crippen LogP contribution is 2.29. The number of unbranched alkanes of at least 4 members (excludes halogenated alkanes) is 1. The van der Waals surface area contributed by atoms with Gasteiger partial charge in [0.15, 0.2) is 5.78 Å². The predicted octanol–water partition coefficient (Wildman–Crippen LogP) is 3.10. The second kappa shape index (κ2) is 4.44. The second-order valence-electron chi connectivity index (χ2n) is 3.68. The molecule has 1 fully saturated rings. The summed E-state index contributed by atoms with van der Waals surface area (Å²) in [4.78, 5) is 11.3. The molecule has 1 heteroatoms. The van der Waals surface area contributed by atoms with Crippen molar-refractivity contribution in [3.8, 4) is 0 Å². The Morgan fingerprint density at radius 3 is 3.00 bits per heavy atom. The van der Waals surface area contributed by atoms with Crippen LogP contribution in [-0.2, 0) is 4.79 Å². The van der Waals surface area contributed by atoms with Crippen LogP contribution in [0.5, 0.6) is 0 Å². The SMILES string of the molecule is C=C1C(=O)CCCC1CCCC. The number of allylic oxidation sites excluding steroid dienone is 1. The summed E-state index contributed by atoms with van der Waals surface area (Å²) >= 11 is 0. The van der Waals surface area contributed by atoms with Crippen molar-refractivity contribution in [2.45, 2.75) is 45.4 Å². The van der Waals surface area contributed by atoms with Gasteiger partial charge in [-0.3, -0.25) is 4.79 Å². The first-order valence-corrected chi connectivity index (χ1v) is 4.97. The van der Waals surface area contributed by atoms with Crippen LogP contribution in [0.2, 0.25) is 0 Å². The van der Waals surface area contributed by atoms with Gasteiger partial charge in [0.1, 0.15) is 0 Å². The summed E-state index contributed by atoms with van der Waals surface area (Å²) in [5, 5.41) is 0. The van der Waals surface area contributed by atoms with E-state index in [2.05, 4.69) is 13.5 Å². The number of Topliss-reactive ketones (excluding diaryl/α,β-unsaturated/α-hetero) is 1. The highest BCUT2D eigenvalue weighted by atomic mass is 16.1. The van der Waals surface area contributed by atoms with Crippen molar-refractivity contribution < 1.29 is 4.79 Å². The van der Waals surface area contributed by atoms with Gasteiger partial charge in [-0.2, -0.15) is 0 Å². The van der Waals surface area contributed by atoms with Gasteiger partial charge in [0, 0.05) is 6.42 Å². The van der Waals surface area contributed by atoms with E-state index in [1.54, 1.807) is 0 Å². The largest absolute Gasteiger partial charge is 0.295 e. The van der Waals surface area contributed by atoms with Gasteiger partial charge in [0.2, 0.25) is 0 Å². The first kappa shape index (κ1) is 9.50. The molecule has 1 nitrogen and oxygen atoms in total.